The van der Waals surface area contributed by atoms with Crippen LogP contribution < -0.4 is 10.1 Å². The van der Waals surface area contributed by atoms with Crippen LogP contribution in [0.15, 0.2) is 18.2 Å². The molecular weight excluding hydrogens is 271 g/mol. The molecule has 1 aromatic heterocycles. The molecule has 2 heterocycles. The van der Waals surface area contributed by atoms with Crippen LogP contribution in [0.25, 0.3) is 0 Å². The fourth-order valence-corrected chi connectivity index (χ4v) is 2.59. The van der Waals surface area contributed by atoms with Crippen LogP contribution in [0, 0.1) is 5.82 Å². The fraction of sp³-hybridized carbons (Fsp3) is 0.467. The van der Waals surface area contributed by atoms with Gasteiger partial charge in [-0.2, -0.15) is 0 Å². The number of benzene rings is 1. The first kappa shape index (κ1) is 14.0. The van der Waals surface area contributed by atoms with Crippen molar-refractivity contribution in [2.75, 3.05) is 7.05 Å². The number of aromatic nitrogens is 3. The topological polar surface area (TPSA) is 52.0 Å². The number of ether oxygens (including phenoxy) is 1. The summed E-state index contributed by atoms with van der Waals surface area (Å²) in [5.74, 6) is 1.68. The third kappa shape index (κ3) is 3.05. The Morgan fingerprint density at radius 1 is 1.33 bits per heavy atom. The molecule has 1 N–H and O–H groups in total. The van der Waals surface area contributed by atoms with E-state index in [1.807, 2.05) is 13.1 Å². The van der Waals surface area contributed by atoms with Gasteiger partial charge in [-0.25, -0.2) is 4.39 Å². The SMILES string of the molecule is CNCc1ccc(OCc2nnc3n2CCCC3)c(F)c1. The van der Waals surface area contributed by atoms with E-state index in [9.17, 15) is 4.39 Å². The average molecular weight is 290 g/mol. The van der Waals surface area contributed by atoms with Crippen molar-refractivity contribution in [3.63, 3.8) is 0 Å². The zero-order valence-electron chi connectivity index (χ0n) is 12.1. The van der Waals surface area contributed by atoms with E-state index in [0.717, 1.165) is 43.0 Å². The number of fused-ring (bicyclic) bond motifs is 1. The quantitative estimate of drug-likeness (QED) is 0.915. The van der Waals surface area contributed by atoms with E-state index in [0.29, 0.717) is 6.54 Å². The molecule has 3 rings (SSSR count). The summed E-state index contributed by atoms with van der Waals surface area (Å²) in [6.45, 7) is 1.80. The van der Waals surface area contributed by atoms with Crippen LogP contribution in [0.4, 0.5) is 4.39 Å². The molecule has 6 heteroatoms. The van der Waals surface area contributed by atoms with Crippen LogP contribution in [0.1, 0.15) is 30.1 Å². The van der Waals surface area contributed by atoms with Gasteiger partial charge in [-0.05, 0) is 37.6 Å². The van der Waals surface area contributed by atoms with Crippen molar-refractivity contribution in [2.45, 2.75) is 39.0 Å². The summed E-state index contributed by atoms with van der Waals surface area (Å²) in [7, 11) is 1.83. The van der Waals surface area contributed by atoms with Gasteiger partial charge < -0.3 is 14.6 Å². The Kier molecular flexibility index (Phi) is 4.15. The number of nitrogens with one attached hydrogen (secondary N) is 1. The highest BCUT2D eigenvalue weighted by Gasteiger charge is 2.16. The van der Waals surface area contributed by atoms with Gasteiger partial charge in [0.15, 0.2) is 17.4 Å². The Balaban J connectivity index is 1.69. The largest absolute Gasteiger partial charge is 0.483 e. The lowest BCUT2D eigenvalue weighted by atomic mass is 10.2. The van der Waals surface area contributed by atoms with E-state index >= 15 is 0 Å². The standard InChI is InChI=1S/C15H19FN4O/c1-17-9-11-5-6-13(12(16)8-11)21-10-15-19-18-14-4-2-3-7-20(14)15/h5-6,8,17H,2-4,7,9-10H2,1H3. The van der Waals surface area contributed by atoms with Gasteiger partial charge in [-0.3, -0.25) is 0 Å². The minimum Gasteiger partial charge on any atom is -0.483 e. The molecule has 5 nitrogen and oxygen atoms in total. The number of hydrogen-bond donors (Lipinski definition) is 1. The Morgan fingerprint density at radius 3 is 3.05 bits per heavy atom. The zero-order chi connectivity index (χ0) is 14.7. The maximum absolute atomic E-state index is 13.9. The molecule has 112 valence electrons. The number of nitrogens with zero attached hydrogens (tertiary/aromatic N) is 3. The van der Waals surface area contributed by atoms with Crippen molar-refractivity contribution in [2.24, 2.45) is 0 Å². The molecule has 0 spiro atoms. The van der Waals surface area contributed by atoms with Gasteiger partial charge in [0, 0.05) is 19.5 Å². The highest BCUT2D eigenvalue weighted by atomic mass is 19.1. The predicted octanol–water partition coefficient (Wildman–Crippen LogP) is 2.05. The van der Waals surface area contributed by atoms with Crippen molar-refractivity contribution in [3.05, 3.63) is 41.2 Å². The molecule has 1 aromatic carbocycles. The number of rotatable bonds is 5. The summed E-state index contributed by atoms with van der Waals surface area (Å²) in [6.07, 6.45) is 3.24. The van der Waals surface area contributed by atoms with Gasteiger partial charge >= 0.3 is 0 Å². The van der Waals surface area contributed by atoms with Gasteiger partial charge in [0.2, 0.25) is 0 Å². The molecule has 0 saturated heterocycles. The van der Waals surface area contributed by atoms with Crippen LogP contribution in [0.3, 0.4) is 0 Å². The molecular formula is C15H19FN4O. The second-order valence-electron chi connectivity index (χ2n) is 5.22. The maximum atomic E-state index is 13.9. The lowest BCUT2D eigenvalue weighted by Crippen LogP contribution is -2.14. The Bertz CT molecular complexity index is 626. The number of hydrogen-bond acceptors (Lipinski definition) is 4. The van der Waals surface area contributed by atoms with Crippen LogP contribution >= 0.6 is 0 Å². The highest BCUT2D eigenvalue weighted by molar-refractivity contribution is 5.29. The molecule has 2 aromatic rings. The van der Waals surface area contributed by atoms with E-state index in [1.54, 1.807) is 6.07 Å². The number of aryl methyl sites for hydroxylation is 1. The molecule has 0 saturated carbocycles. The molecule has 21 heavy (non-hydrogen) atoms. The molecule has 0 radical (unpaired) electrons. The fourth-order valence-electron chi connectivity index (χ4n) is 2.59. The molecule has 0 unspecified atom stereocenters. The molecule has 1 aliphatic heterocycles. The van der Waals surface area contributed by atoms with Crippen LogP contribution in [-0.4, -0.2) is 21.8 Å². The Morgan fingerprint density at radius 2 is 2.24 bits per heavy atom. The van der Waals surface area contributed by atoms with Gasteiger partial charge in [0.1, 0.15) is 12.4 Å². The second kappa shape index (κ2) is 6.22. The first-order valence-corrected chi connectivity index (χ1v) is 7.24. The Hall–Kier alpha value is -1.95. The third-order valence-electron chi connectivity index (χ3n) is 3.67. The summed E-state index contributed by atoms with van der Waals surface area (Å²) in [5, 5.41) is 11.3. The second-order valence-corrected chi connectivity index (χ2v) is 5.22. The summed E-state index contributed by atoms with van der Waals surface area (Å²) >= 11 is 0. The summed E-state index contributed by atoms with van der Waals surface area (Å²) < 4.78 is 21.6. The van der Waals surface area contributed by atoms with E-state index in [2.05, 4.69) is 20.1 Å². The van der Waals surface area contributed by atoms with E-state index in [-0.39, 0.29) is 18.2 Å². The first-order valence-electron chi connectivity index (χ1n) is 7.24. The maximum Gasteiger partial charge on any atom is 0.171 e. The van der Waals surface area contributed by atoms with Crippen LogP contribution in [0.2, 0.25) is 0 Å². The number of halogens is 1. The van der Waals surface area contributed by atoms with Gasteiger partial charge in [0.05, 0.1) is 0 Å². The van der Waals surface area contributed by atoms with Crippen molar-refractivity contribution in [1.82, 2.24) is 20.1 Å². The first-order chi connectivity index (χ1) is 10.3. The molecule has 0 bridgehead atoms. The zero-order valence-corrected chi connectivity index (χ0v) is 12.1. The summed E-state index contributed by atoms with van der Waals surface area (Å²) in [6, 6.07) is 5.01. The molecule has 0 amide bonds. The lowest BCUT2D eigenvalue weighted by molar-refractivity contribution is 0.272. The van der Waals surface area contributed by atoms with Crippen molar-refractivity contribution in [1.29, 1.82) is 0 Å². The van der Waals surface area contributed by atoms with Crippen LogP contribution in [-0.2, 0) is 26.1 Å². The molecule has 0 atom stereocenters. The van der Waals surface area contributed by atoms with Crippen molar-refractivity contribution >= 4 is 0 Å². The van der Waals surface area contributed by atoms with Gasteiger partial charge in [0.25, 0.3) is 0 Å². The minimum atomic E-state index is -0.346. The van der Waals surface area contributed by atoms with Gasteiger partial charge in [-0.1, -0.05) is 6.07 Å². The molecule has 0 aliphatic carbocycles. The Labute approximate surface area is 123 Å². The van der Waals surface area contributed by atoms with Crippen molar-refractivity contribution in [3.8, 4) is 5.75 Å². The van der Waals surface area contributed by atoms with E-state index < -0.39 is 0 Å². The average Bonchev–Trinajstić information content (AvgIpc) is 2.90. The monoisotopic (exact) mass is 290 g/mol. The third-order valence-corrected chi connectivity index (χ3v) is 3.67. The minimum absolute atomic E-state index is 0.245. The van der Waals surface area contributed by atoms with Gasteiger partial charge in [-0.15, -0.1) is 10.2 Å². The molecule has 1 aliphatic rings. The molecule has 0 fully saturated rings. The van der Waals surface area contributed by atoms with Crippen molar-refractivity contribution < 1.29 is 9.13 Å². The smallest absolute Gasteiger partial charge is 0.171 e. The summed E-state index contributed by atoms with van der Waals surface area (Å²) in [5.41, 5.74) is 0.891. The van der Waals surface area contributed by atoms with E-state index in [4.69, 9.17) is 4.74 Å². The normalized spacial score (nSPS) is 14.0. The van der Waals surface area contributed by atoms with E-state index in [1.165, 1.54) is 6.07 Å². The van der Waals surface area contributed by atoms with Crippen LogP contribution in [0.5, 0.6) is 5.75 Å². The predicted molar refractivity (Wildman–Crippen MR) is 76.5 cm³/mol. The summed E-state index contributed by atoms with van der Waals surface area (Å²) in [4.78, 5) is 0. The highest BCUT2D eigenvalue weighted by Crippen LogP contribution is 2.20. The lowest BCUT2D eigenvalue weighted by Gasteiger charge is -2.15.